The maximum absolute atomic E-state index is 14.6. The summed E-state index contributed by atoms with van der Waals surface area (Å²) in [7, 11) is 0. The molecule has 0 unspecified atom stereocenters. The summed E-state index contributed by atoms with van der Waals surface area (Å²) in [6.45, 7) is 5.91. The number of halogens is 2. The topological polar surface area (TPSA) is 175 Å². The van der Waals surface area contributed by atoms with Crippen LogP contribution in [0.2, 0.25) is 5.02 Å². The summed E-state index contributed by atoms with van der Waals surface area (Å²) in [5.41, 5.74) is 8.72. The highest BCUT2D eigenvalue weighted by molar-refractivity contribution is 7.16. The lowest BCUT2D eigenvalue weighted by molar-refractivity contribution is 0.107. The Morgan fingerprint density at radius 2 is 1.88 bits per heavy atom. The molecular formula is C33H34ClFN12O2S. The number of hydrogen-bond acceptors (Lipinski definition) is 14. The van der Waals surface area contributed by atoms with Crippen LogP contribution in [0.25, 0.3) is 11.6 Å². The molecule has 4 aromatic rings. The van der Waals surface area contributed by atoms with E-state index >= 15 is 0 Å². The number of nitrogens with two attached hydrogens (primary N) is 1. The van der Waals surface area contributed by atoms with E-state index in [0.29, 0.717) is 96.4 Å². The monoisotopic (exact) mass is 716 g/mol. The van der Waals surface area contributed by atoms with E-state index in [1.54, 1.807) is 6.92 Å². The molecule has 17 heteroatoms. The number of nitriles is 2. The summed E-state index contributed by atoms with van der Waals surface area (Å²) in [6, 6.07) is 4.89. The summed E-state index contributed by atoms with van der Waals surface area (Å²) in [6.07, 6.45) is 3.85. The molecule has 2 atom stereocenters. The second kappa shape index (κ2) is 11.5. The molecule has 3 saturated heterocycles. The van der Waals surface area contributed by atoms with Gasteiger partial charge in [0.1, 0.15) is 35.5 Å². The van der Waals surface area contributed by atoms with Crippen LogP contribution in [-0.2, 0) is 24.9 Å². The smallest absolute Gasteiger partial charge is 0.320 e. The number of thiophene rings is 1. The van der Waals surface area contributed by atoms with Crippen molar-refractivity contribution in [1.82, 2.24) is 34.8 Å². The van der Waals surface area contributed by atoms with E-state index in [1.807, 2.05) is 9.58 Å². The van der Waals surface area contributed by atoms with Gasteiger partial charge < -0.3 is 24.8 Å². The Balaban J connectivity index is 1.08. The van der Waals surface area contributed by atoms with Gasteiger partial charge in [-0.05, 0) is 51.1 Å². The van der Waals surface area contributed by atoms with Gasteiger partial charge in [-0.2, -0.15) is 30.6 Å². The molecule has 50 heavy (non-hydrogen) atoms. The second-order valence-corrected chi connectivity index (χ2v) is 15.7. The molecule has 8 heterocycles. The van der Waals surface area contributed by atoms with Crippen molar-refractivity contribution in [3.63, 3.8) is 0 Å². The molecule has 1 aliphatic carbocycles. The second-order valence-electron chi connectivity index (χ2n) is 14.1. The number of aryl methyl sites for hydroxylation is 3. The standard InChI is InChI=1S/C33H34ClFN12O2S/c1-18-39-30(49-43-18)26-25(34)22-14-44(7-3-9-47(22)42-26)28-21(12-37)29(41-31(40-28)48-17-33-5-2-8-46(33)13-19(35)10-33)45-15-32(16-45)6-4-23-24(32)20(11-36)27(38)50-23/h19H,2-10,13-17,38H2,1H3/t19-,33+/m1/s1. The number of nitrogens with zero attached hydrogens (tertiary/aromatic N) is 11. The van der Waals surface area contributed by atoms with E-state index in [2.05, 4.69) is 32.1 Å². The third-order valence-corrected chi connectivity index (χ3v) is 12.6. The highest BCUT2D eigenvalue weighted by atomic mass is 35.5. The van der Waals surface area contributed by atoms with Crippen LogP contribution in [0.15, 0.2) is 4.52 Å². The van der Waals surface area contributed by atoms with Gasteiger partial charge >= 0.3 is 6.01 Å². The number of aromatic nitrogens is 6. The van der Waals surface area contributed by atoms with Crippen LogP contribution in [0.4, 0.5) is 21.0 Å². The first-order valence-electron chi connectivity index (χ1n) is 16.9. The molecule has 9 rings (SSSR count). The zero-order valence-electron chi connectivity index (χ0n) is 27.5. The summed E-state index contributed by atoms with van der Waals surface area (Å²) < 4.78 is 28.3. The van der Waals surface area contributed by atoms with E-state index in [0.717, 1.165) is 43.5 Å². The molecule has 4 aliphatic heterocycles. The number of alkyl halides is 1. The Bertz CT molecular complexity index is 2110. The largest absolute Gasteiger partial charge is 0.461 e. The van der Waals surface area contributed by atoms with Gasteiger partial charge in [0, 0.05) is 49.4 Å². The number of fused-ring (bicyclic) bond motifs is 4. The van der Waals surface area contributed by atoms with Crippen molar-refractivity contribution < 1.29 is 13.7 Å². The highest BCUT2D eigenvalue weighted by Gasteiger charge is 2.53. The van der Waals surface area contributed by atoms with Crippen LogP contribution in [0.3, 0.4) is 0 Å². The van der Waals surface area contributed by atoms with Crippen molar-refractivity contribution in [3.8, 4) is 29.7 Å². The van der Waals surface area contributed by atoms with Gasteiger partial charge in [0.25, 0.3) is 5.89 Å². The maximum Gasteiger partial charge on any atom is 0.320 e. The Morgan fingerprint density at radius 3 is 2.64 bits per heavy atom. The summed E-state index contributed by atoms with van der Waals surface area (Å²) in [5.74, 6) is 1.64. The van der Waals surface area contributed by atoms with Gasteiger partial charge in [-0.1, -0.05) is 16.8 Å². The van der Waals surface area contributed by atoms with Crippen molar-refractivity contribution >= 4 is 39.6 Å². The quantitative estimate of drug-likeness (QED) is 0.302. The van der Waals surface area contributed by atoms with Crippen LogP contribution in [0.5, 0.6) is 6.01 Å². The van der Waals surface area contributed by atoms with Crippen molar-refractivity contribution in [1.29, 1.82) is 10.5 Å². The normalized spacial score (nSPS) is 23.7. The lowest BCUT2D eigenvalue weighted by Crippen LogP contribution is -2.59. The van der Waals surface area contributed by atoms with Crippen LogP contribution in [-0.4, -0.2) is 85.8 Å². The molecule has 0 aromatic carbocycles. The molecule has 0 radical (unpaired) electrons. The zero-order chi connectivity index (χ0) is 34.4. The van der Waals surface area contributed by atoms with Gasteiger partial charge in [0.2, 0.25) is 0 Å². The Morgan fingerprint density at radius 1 is 1.08 bits per heavy atom. The third-order valence-electron chi connectivity index (χ3n) is 11.1. The van der Waals surface area contributed by atoms with Gasteiger partial charge in [-0.25, -0.2) is 4.39 Å². The van der Waals surface area contributed by atoms with Crippen LogP contribution >= 0.6 is 22.9 Å². The molecule has 4 aromatic heterocycles. The minimum atomic E-state index is -0.891. The Hall–Kier alpha value is -4.51. The fourth-order valence-corrected chi connectivity index (χ4v) is 10.3. The van der Waals surface area contributed by atoms with E-state index in [-0.39, 0.29) is 23.9 Å². The molecule has 0 amide bonds. The Labute approximate surface area is 296 Å². The number of nitrogen functional groups attached to an aromatic ring is 1. The molecular weight excluding hydrogens is 683 g/mol. The molecule has 5 aliphatic rings. The molecule has 2 N–H and O–H groups in total. The van der Waals surface area contributed by atoms with Crippen molar-refractivity contribution in [3.05, 3.63) is 38.1 Å². The minimum Gasteiger partial charge on any atom is -0.461 e. The predicted molar refractivity (Wildman–Crippen MR) is 182 cm³/mol. The number of anilines is 3. The Kier molecular flexibility index (Phi) is 7.25. The van der Waals surface area contributed by atoms with E-state index in [1.165, 1.54) is 16.2 Å². The van der Waals surface area contributed by atoms with E-state index in [9.17, 15) is 14.9 Å². The fraction of sp³-hybridized carbons (Fsp3) is 0.545. The van der Waals surface area contributed by atoms with Gasteiger partial charge in [0.15, 0.2) is 23.2 Å². The molecule has 0 bridgehead atoms. The molecule has 14 nitrogen and oxygen atoms in total. The first-order valence-corrected chi connectivity index (χ1v) is 18.1. The highest BCUT2D eigenvalue weighted by Crippen LogP contribution is 2.53. The lowest BCUT2D eigenvalue weighted by atomic mass is 9.74. The van der Waals surface area contributed by atoms with Gasteiger partial charge in [0.05, 0.1) is 28.4 Å². The average molecular weight is 717 g/mol. The lowest BCUT2D eigenvalue weighted by Gasteiger charge is -2.49. The summed E-state index contributed by atoms with van der Waals surface area (Å²) in [5, 5.41) is 30.2. The predicted octanol–water partition coefficient (Wildman–Crippen LogP) is 4.14. The summed E-state index contributed by atoms with van der Waals surface area (Å²) >= 11 is 8.42. The van der Waals surface area contributed by atoms with E-state index < -0.39 is 11.7 Å². The van der Waals surface area contributed by atoms with Crippen molar-refractivity contribution in [2.24, 2.45) is 0 Å². The van der Waals surface area contributed by atoms with Crippen LogP contribution in [0, 0.1) is 29.6 Å². The maximum atomic E-state index is 14.6. The molecule has 258 valence electrons. The summed E-state index contributed by atoms with van der Waals surface area (Å²) in [4.78, 5) is 21.6. The fourth-order valence-electron chi connectivity index (χ4n) is 8.85. The van der Waals surface area contributed by atoms with Crippen LogP contribution < -0.4 is 20.3 Å². The average Bonchev–Trinajstić information content (AvgIpc) is 3.90. The molecule has 3 fully saturated rings. The zero-order valence-corrected chi connectivity index (χ0v) is 29.0. The first-order chi connectivity index (χ1) is 24.2. The number of ether oxygens (including phenoxy) is 1. The minimum absolute atomic E-state index is 0.147. The van der Waals surface area contributed by atoms with E-state index in [4.69, 9.17) is 41.7 Å². The SMILES string of the molecule is Cc1noc(-c2nn3c(c2Cl)CN(c2nc(OC[C@@]45CCCN4C[C@H](F)C5)nc(N4CC5(CCc6sc(N)c(C#N)c65)C4)c2C#N)CCC3)n1. The number of rotatable bonds is 6. The van der Waals surface area contributed by atoms with Gasteiger partial charge in [-0.3, -0.25) is 9.58 Å². The third kappa shape index (κ3) is 4.76. The van der Waals surface area contributed by atoms with Gasteiger partial charge in [-0.15, -0.1) is 11.3 Å². The first kappa shape index (κ1) is 31.5. The van der Waals surface area contributed by atoms with Crippen molar-refractivity contribution in [2.75, 3.05) is 54.9 Å². The molecule has 1 spiro atoms. The number of hydrogen-bond donors (Lipinski definition) is 1. The van der Waals surface area contributed by atoms with Crippen molar-refractivity contribution in [2.45, 2.75) is 75.7 Å². The molecule has 0 saturated carbocycles. The van der Waals surface area contributed by atoms with Crippen LogP contribution in [0.1, 0.15) is 65.2 Å².